The Morgan fingerprint density at radius 1 is 1.10 bits per heavy atom. The quantitative estimate of drug-likeness (QED) is 0.184. The molecule has 4 amide bonds. The number of benzene rings is 1. The van der Waals surface area contributed by atoms with Gasteiger partial charge in [-0.25, -0.2) is 0 Å². The molecular formula is C28H43N7O4. The summed E-state index contributed by atoms with van der Waals surface area (Å²) in [6.45, 7) is 8.74. The standard InChI is InChI=1S/C28H43N7O4/c1-18(2)23(24(37)32-17-21-10-8-19(3)9-11-21)34-16-13-28(26(34)39)12-6-15-35(28)25(38)22(33-20(4)36)7-5-14-31-27(29)30/h8-11,18,22-23H,5-7,12-17H2,1-4H3,(H,32,37)(H,33,36)(H4,29,30,31)/t22-,23-,28-/m0/s1. The third-order valence-electron chi connectivity index (χ3n) is 7.62. The first-order valence-electron chi connectivity index (χ1n) is 13.7. The van der Waals surface area contributed by atoms with Crippen molar-refractivity contribution < 1.29 is 19.2 Å². The predicted molar refractivity (Wildman–Crippen MR) is 149 cm³/mol. The van der Waals surface area contributed by atoms with Crippen LogP contribution in [0, 0.1) is 12.8 Å². The number of hydrogen-bond donors (Lipinski definition) is 4. The van der Waals surface area contributed by atoms with E-state index in [2.05, 4.69) is 15.6 Å². The van der Waals surface area contributed by atoms with Crippen LogP contribution in [0.15, 0.2) is 29.3 Å². The van der Waals surface area contributed by atoms with Crippen LogP contribution in [0.5, 0.6) is 0 Å². The molecule has 2 saturated heterocycles. The molecule has 0 bridgehead atoms. The second-order valence-electron chi connectivity index (χ2n) is 11.0. The molecule has 2 aliphatic heterocycles. The Hall–Kier alpha value is -3.63. The third-order valence-corrected chi connectivity index (χ3v) is 7.62. The zero-order valence-corrected chi connectivity index (χ0v) is 23.5. The fourth-order valence-electron chi connectivity index (χ4n) is 5.73. The van der Waals surface area contributed by atoms with Gasteiger partial charge in [0.05, 0.1) is 0 Å². The molecule has 2 heterocycles. The average molecular weight is 542 g/mol. The monoisotopic (exact) mass is 541 g/mol. The van der Waals surface area contributed by atoms with E-state index in [-0.39, 0.29) is 35.5 Å². The fraction of sp³-hybridized carbons (Fsp3) is 0.607. The molecule has 39 heavy (non-hydrogen) atoms. The van der Waals surface area contributed by atoms with E-state index in [1.54, 1.807) is 9.80 Å². The van der Waals surface area contributed by atoms with Gasteiger partial charge < -0.3 is 31.9 Å². The van der Waals surface area contributed by atoms with Gasteiger partial charge in [-0.15, -0.1) is 0 Å². The van der Waals surface area contributed by atoms with Crippen molar-refractivity contribution in [2.24, 2.45) is 22.4 Å². The Bertz CT molecular complexity index is 1080. The Balaban J connectivity index is 1.74. The summed E-state index contributed by atoms with van der Waals surface area (Å²) in [7, 11) is 0. The van der Waals surface area contributed by atoms with Crippen molar-refractivity contribution in [3.63, 3.8) is 0 Å². The average Bonchev–Trinajstić information content (AvgIpc) is 3.44. The minimum atomic E-state index is -1.00. The lowest BCUT2D eigenvalue weighted by Crippen LogP contribution is -2.60. The number of aliphatic imine (C=N–C) groups is 1. The van der Waals surface area contributed by atoms with Crippen molar-refractivity contribution in [3.8, 4) is 0 Å². The van der Waals surface area contributed by atoms with E-state index < -0.39 is 17.6 Å². The van der Waals surface area contributed by atoms with Gasteiger partial charge >= 0.3 is 0 Å². The maximum Gasteiger partial charge on any atom is 0.249 e. The van der Waals surface area contributed by atoms with Gasteiger partial charge in [0.15, 0.2) is 5.96 Å². The van der Waals surface area contributed by atoms with Crippen LogP contribution in [0.25, 0.3) is 0 Å². The number of nitrogens with two attached hydrogens (primary N) is 2. The first-order chi connectivity index (χ1) is 18.5. The Labute approximate surface area is 230 Å². The van der Waals surface area contributed by atoms with Crippen molar-refractivity contribution in [2.45, 2.75) is 84.0 Å². The molecule has 1 aromatic rings. The lowest BCUT2D eigenvalue weighted by atomic mass is 9.92. The van der Waals surface area contributed by atoms with Gasteiger partial charge in [0.1, 0.15) is 17.6 Å². The molecule has 1 aromatic carbocycles. The largest absolute Gasteiger partial charge is 0.370 e. The highest BCUT2D eigenvalue weighted by Gasteiger charge is 2.57. The van der Waals surface area contributed by atoms with Crippen LogP contribution in [0.2, 0.25) is 0 Å². The zero-order chi connectivity index (χ0) is 28.7. The van der Waals surface area contributed by atoms with Gasteiger partial charge in [0.2, 0.25) is 23.6 Å². The van der Waals surface area contributed by atoms with E-state index in [9.17, 15) is 19.2 Å². The van der Waals surface area contributed by atoms with Crippen molar-refractivity contribution >= 4 is 29.6 Å². The summed E-state index contributed by atoms with van der Waals surface area (Å²) in [6, 6.07) is 6.51. The van der Waals surface area contributed by atoms with Crippen LogP contribution in [0.3, 0.4) is 0 Å². The molecule has 6 N–H and O–H groups in total. The smallest absolute Gasteiger partial charge is 0.249 e. The lowest BCUT2D eigenvalue weighted by Gasteiger charge is -2.37. The van der Waals surface area contributed by atoms with Gasteiger partial charge in [-0.2, -0.15) is 0 Å². The summed E-state index contributed by atoms with van der Waals surface area (Å²) in [5.74, 6) is -1.16. The Kier molecular flexibility index (Phi) is 9.93. The molecule has 0 radical (unpaired) electrons. The van der Waals surface area contributed by atoms with Crippen molar-refractivity contribution in [1.82, 2.24) is 20.4 Å². The number of likely N-dealkylation sites (tertiary alicyclic amines) is 2. The minimum Gasteiger partial charge on any atom is -0.370 e. The number of rotatable bonds is 11. The number of carbonyl (C=O) groups is 4. The summed E-state index contributed by atoms with van der Waals surface area (Å²) >= 11 is 0. The topological polar surface area (TPSA) is 163 Å². The van der Waals surface area contributed by atoms with Crippen LogP contribution in [-0.4, -0.2) is 76.6 Å². The number of guanidine groups is 1. The van der Waals surface area contributed by atoms with E-state index in [0.717, 1.165) is 11.1 Å². The molecule has 0 saturated carbocycles. The molecule has 0 aliphatic carbocycles. The molecular weight excluding hydrogens is 498 g/mol. The number of nitrogens with one attached hydrogen (secondary N) is 2. The fourth-order valence-corrected chi connectivity index (χ4v) is 5.73. The minimum absolute atomic E-state index is 0.0323. The van der Waals surface area contributed by atoms with Gasteiger partial charge in [-0.1, -0.05) is 43.7 Å². The molecule has 0 aromatic heterocycles. The SMILES string of the molecule is CC(=O)N[C@@H](CCCN=C(N)N)C(=O)N1CCC[C@@]12CCN([C@H](C(=O)NCc1ccc(C)cc1)C(C)C)C2=O. The van der Waals surface area contributed by atoms with Crippen LogP contribution in [0.1, 0.15) is 64.0 Å². The maximum absolute atomic E-state index is 14.0. The number of hydrogen-bond acceptors (Lipinski definition) is 5. The molecule has 11 nitrogen and oxygen atoms in total. The molecule has 11 heteroatoms. The van der Waals surface area contributed by atoms with Crippen LogP contribution < -0.4 is 22.1 Å². The Morgan fingerprint density at radius 3 is 2.41 bits per heavy atom. The van der Waals surface area contributed by atoms with E-state index in [4.69, 9.17) is 11.5 Å². The summed E-state index contributed by atoms with van der Waals surface area (Å²) in [5.41, 5.74) is 11.9. The van der Waals surface area contributed by atoms with Gasteiger partial charge in [0, 0.05) is 33.1 Å². The first kappa shape index (κ1) is 29.9. The molecule has 1 spiro atoms. The molecule has 3 rings (SSSR count). The van der Waals surface area contributed by atoms with E-state index in [1.807, 2.05) is 45.0 Å². The van der Waals surface area contributed by atoms with Crippen molar-refractivity contribution in [2.75, 3.05) is 19.6 Å². The number of aryl methyl sites for hydroxylation is 1. The van der Waals surface area contributed by atoms with Crippen LogP contribution in [-0.2, 0) is 25.7 Å². The number of carbonyl (C=O) groups excluding carboxylic acids is 4. The highest BCUT2D eigenvalue weighted by atomic mass is 16.2. The molecule has 0 unspecified atom stereocenters. The summed E-state index contributed by atoms with van der Waals surface area (Å²) in [6.07, 6.45) is 2.50. The normalized spacial score (nSPS) is 20.3. The summed E-state index contributed by atoms with van der Waals surface area (Å²) in [4.78, 5) is 60.2. The first-order valence-corrected chi connectivity index (χ1v) is 13.7. The predicted octanol–water partition coefficient (Wildman–Crippen LogP) is 0.788. The van der Waals surface area contributed by atoms with Crippen molar-refractivity contribution in [1.29, 1.82) is 0 Å². The van der Waals surface area contributed by atoms with Crippen LogP contribution in [0.4, 0.5) is 0 Å². The molecule has 2 aliphatic rings. The highest BCUT2D eigenvalue weighted by Crippen LogP contribution is 2.40. The number of nitrogens with zero attached hydrogens (tertiary/aromatic N) is 3. The molecule has 3 atom stereocenters. The van der Waals surface area contributed by atoms with Gasteiger partial charge in [-0.3, -0.25) is 24.2 Å². The zero-order valence-electron chi connectivity index (χ0n) is 23.5. The van der Waals surface area contributed by atoms with Gasteiger partial charge in [-0.05, 0) is 50.5 Å². The van der Waals surface area contributed by atoms with Gasteiger partial charge in [0.25, 0.3) is 0 Å². The summed E-state index contributed by atoms with van der Waals surface area (Å²) < 4.78 is 0. The van der Waals surface area contributed by atoms with Crippen LogP contribution >= 0.6 is 0 Å². The second kappa shape index (κ2) is 12.9. The lowest BCUT2D eigenvalue weighted by molar-refractivity contribution is -0.151. The summed E-state index contributed by atoms with van der Waals surface area (Å²) in [5, 5.41) is 5.74. The second-order valence-corrected chi connectivity index (χ2v) is 11.0. The van der Waals surface area contributed by atoms with E-state index in [1.165, 1.54) is 6.92 Å². The highest BCUT2D eigenvalue weighted by molar-refractivity contribution is 5.98. The third kappa shape index (κ3) is 7.07. The Morgan fingerprint density at radius 2 is 1.79 bits per heavy atom. The maximum atomic E-state index is 14.0. The van der Waals surface area contributed by atoms with Crippen molar-refractivity contribution in [3.05, 3.63) is 35.4 Å². The molecule has 2 fully saturated rings. The molecule has 214 valence electrons. The number of amides is 4. The van der Waals surface area contributed by atoms with E-state index in [0.29, 0.717) is 58.3 Å². The van der Waals surface area contributed by atoms with E-state index >= 15 is 0 Å².